The zero-order valence-electron chi connectivity index (χ0n) is 12.4. The van der Waals surface area contributed by atoms with Crippen LogP contribution in [0.4, 0.5) is 5.13 Å². The second kappa shape index (κ2) is 4.20. The lowest BCUT2D eigenvalue weighted by atomic mass is 9.93. The molecule has 1 N–H and O–H groups in total. The van der Waals surface area contributed by atoms with E-state index in [0.29, 0.717) is 6.04 Å². The van der Waals surface area contributed by atoms with Crippen LogP contribution in [0.3, 0.4) is 0 Å². The molecular formula is C15H22N4S. The van der Waals surface area contributed by atoms with E-state index in [2.05, 4.69) is 37.4 Å². The highest BCUT2D eigenvalue weighted by molar-refractivity contribution is 7.20. The minimum Gasteiger partial charge on any atom is -0.357 e. The van der Waals surface area contributed by atoms with Gasteiger partial charge in [0, 0.05) is 11.5 Å². The maximum Gasteiger partial charge on any atom is 0.214 e. The predicted molar refractivity (Wildman–Crippen MR) is 82.4 cm³/mol. The van der Waals surface area contributed by atoms with Gasteiger partial charge in [-0.15, -0.1) is 5.10 Å². The quantitative estimate of drug-likeness (QED) is 0.934. The molecule has 2 aromatic rings. The minimum absolute atomic E-state index is 0.0889. The van der Waals surface area contributed by atoms with E-state index < -0.39 is 0 Å². The van der Waals surface area contributed by atoms with Crippen LogP contribution >= 0.6 is 11.3 Å². The Morgan fingerprint density at radius 2 is 1.90 bits per heavy atom. The second-order valence-corrected chi connectivity index (χ2v) is 8.31. The molecule has 0 radical (unpaired) electrons. The van der Waals surface area contributed by atoms with Crippen molar-refractivity contribution in [2.75, 3.05) is 5.32 Å². The number of hydrogen-bond donors (Lipinski definition) is 1. The summed E-state index contributed by atoms with van der Waals surface area (Å²) in [4.78, 5) is 5.71. The molecule has 2 saturated carbocycles. The van der Waals surface area contributed by atoms with Crippen molar-refractivity contribution in [3.05, 3.63) is 11.9 Å². The fourth-order valence-corrected chi connectivity index (χ4v) is 3.62. The lowest BCUT2D eigenvalue weighted by Gasteiger charge is -2.16. The SMILES string of the molecule is CC(C)(C)c1cn2nc(NC(C3CC3)C3CC3)sc2n1. The fraction of sp³-hybridized carbons (Fsp3) is 0.733. The Bertz CT molecular complexity index is 584. The van der Waals surface area contributed by atoms with Gasteiger partial charge in [0.25, 0.3) is 0 Å². The average molecular weight is 290 g/mol. The summed E-state index contributed by atoms with van der Waals surface area (Å²) < 4.78 is 1.93. The second-order valence-electron chi connectivity index (χ2n) is 7.36. The first kappa shape index (κ1) is 12.6. The number of imidazole rings is 1. The van der Waals surface area contributed by atoms with E-state index in [1.54, 1.807) is 11.3 Å². The number of fused-ring (bicyclic) bond motifs is 1. The van der Waals surface area contributed by atoms with E-state index in [1.807, 2.05) is 4.52 Å². The van der Waals surface area contributed by atoms with E-state index in [0.717, 1.165) is 27.6 Å². The molecule has 0 aliphatic heterocycles. The van der Waals surface area contributed by atoms with Crippen LogP contribution in [-0.4, -0.2) is 20.6 Å². The van der Waals surface area contributed by atoms with Crippen LogP contribution in [0, 0.1) is 11.8 Å². The molecule has 0 aromatic carbocycles. The van der Waals surface area contributed by atoms with Crippen molar-refractivity contribution in [1.29, 1.82) is 0 Å². The van der Waals surface area contributed by atoms with E-state index >= 15 is 0 Å². The van der Waals surface area contributed by atoms with Crippen molar-refractivity contribution in [3.63, 3.8) is 0 Å². The molecule has 0 atom stereocenters. The highest BCUT2D eigenvalue weighted by Gasteiger charge is 2.41. The third kappa shape index (κ3) is 2.32. The molecule has 4 nitrogen and oxygen atoms in total. The summed E-state index contributed by atoms with van der Waals surface area (Å²) in [7, 11) is 0. The molecule has 20 heavy (non-hydrogen) atoms. The molecule has 0 saturated heterocycles. The molecule has 108 valence electrons. The van der Waals surface area contributed by atoms with Gasteiger partial charge in [0.05, 0.1) is 11.9 Å². The van der Waals surface area contributed by atoms with Gasteiger partial charge in [0.2, 0.25) is 10.1 Å². The number of rotatable bonds is 4. The zero-order chi connectivity index (χ0) is 13.9. The Labute approximate surface area is 123 Å². The molecule has 0 amide bonds. The van der Waals surface area contributed by atoms with Crippen LogP contribution in [0.5, 0.6) is 0 Å². The summed E-state index contributed by atoms with van der Waals surface area (Å²) in [5, 5.41) is 9.39. The van der Waals surface area contributed by atoms with Crippen molar-refractivity contribution < 1.29 is 0 Å². The van der Waals surface area contributed by atoms with E-state index in [9.17, 15) is 0 Å². The Balaban J connectivity index is 1.56. The van der Waals surface area contributed by atoms with Gasteiger partial charge in [-0.2, -0.15) is 0 Å². The molecule has 0 unspecified atom stereocenters. The first-order valence-electron chi connectivity index (χ1n) is 7.64. The van der Waals surface area contributed by atoms with Crippen LogP contribution in [0.25, 0.3) is 4.96 Å². The molecule has 0 spiro atoms. The Morgan fingerprint density at radius 1 is 1.25 bits per heavy atom. The maximum atomic E-state index is 4.71. The lowest BCUT2D eigenvalue weighted by Crippen LogP contribution is -2.24. The van der Waals surface area contributed by atoms with Crippen LogP contribution in [0.1, 0.15) is 52.1 Å². The first-order valence-corrected chi connectivity index (χ1v) is 8.45. The van der Waals surface area contributed by atoms with Crippen LogP contribution in [-0.2, 0) is 5.41 Å². The van der Waals surface area contributed by atoms with Crippen molar-refractivity contribution >= 4 is 21.4 Å². The Hall–Kier alpha value is -1.10. The highest BCUT2D eigenvalue weighted by atomic mass is 32.1. The topological polar surface area (TPSA) is 42.2 Å². The summed E-state index contributed by atoms with van der Waals surface area (Å²) in [5.74, 6) is 1.78. The molecule has 2 aliphatic rings. The van der Waals surface area contributed by atoms with Crippen LogP contribution in [0.15, 0.2) is 6.20 Å². The normalized spacial score (nSPS) is 20.0. The van der Waals surface area contributed by atoms with Crippen molar-refractivity contribution in [2.45, 2.75) is 57.9 Å². The number of hydrogen-bond acceptors (Lipinski definition) is 4. The van der Waals surface area contributed by atoms with Gasteiger partial charge in [0.15, 0.2) is 0 Å². The summed E-state index contributed by atoms with van der Waals surface area (Å²) in [6.07, 6.45) is 7.64. The molecule has 4 rings (SSSR count). The van der Waals surface area contributed by atoms with Gasteiger partial charge < -0.3 is 5.32 Å². The summed E-state index contributed by atoms with van der Waals surface area (Å²) >= 11 is 1.68. The van der Waals surface area contributed by atoms with Crippen molar-refractivity contribution in [3.8, 4) is 0 Å². The zero-order valence-corrected chi connectivity index (χ0v) is 13.2. The van der Waals surface area contributed by atoms with Crippen molar-refractivity contribution in [1.82, 2.24) is 14.6 Å². The van der Waals surface area contributed by atoms with Gasteiger partial charge in [-0.3, -0.25) is 0 Å². The van der Waals surface area contributed by atoms with E-state index in [-0.39, 0.29) is 5.41 Å². The van der Waals surface area contributed by atoms with E-state index in [4.69, 9.17) is 4.98 Å². The highest BCUT2D eigenvalue weighted by Crippen LogP contribution is 2.46. The smallest absolute Gasteiger partial charge is 0.214 e. The maximum absolute atomic E-state index is 4.71. The van der Waals surface area contributed by atoms with Gasteiger partial charge in [0.1, 0.15) is 0 Å². The van der Waals surface area contributed by atoms with Crippen LogP contribution < -0.4 is 5.32 Å². The largest absolute Gasteiger partial charge is 0.357 e. The third-order valence-corrected chi connectivity index (χ3v) is 5.22. The van der Waals surface area contributed by atoms with E-state index in [1.165, 1.54) is 25.7 Å². The van der Waals surface area contributed by atoms with Gasteiger partial charge in [-0.25, -0.2) is 9.50 Å². The third-order valence-electron chi connectivity index (χ3n) is 4.36. The molecule has 5 heteroatoms. The molecule has 0 bridgehead atoms. The molecule has 2 heterocycles. The minimum atomic E-state index is 0.0889. The lowest BCUT2D eigenvalue weighted by molar-refractivity contribution is 0.565. The van der Waals surface area contributed by atoms with Crippen molar-refractivity contribution in [2.24, 2.45) is 11.8 Å². The molecule has 2 fully saturated rings. The first-order chi connectivity index (χ1) is 9.50. The number of aromatic nitrogens is 3. The number of anilines is 1. The number of nitrogens with zero attached hydrogens (tertiary/aromatic N) is 3. The van der Waals surface area contributed by atoms with Gasteiger partial charge >= 0.3 is 0 Å². The monoisotopic (exact) mass is 290 g/mol. The Kier molecular flexibility index (Phi) is 2.65. The fourth-order valence-electron chi connectivity index (χ4n) is 2.79. The summed E-state index contributed by atoms with van der Waals surface area (Å²) in [6.45, 7) is 6.57. The molecule has 2 aromatic heterocycles. The Morgan fingerprint density at radius 3 is 2.40 bits per heavy atom. The standard InChI is InChI=1S/C15H22N4S/c1-15(2,3)11-8-19-14(16-11)20-13(18-19)17-12(9-4-5-9)10-6-7-10/h8-10,12H,4-7H2,1-3H3,(H,17,18). The van der Waals surface area contributed by atoms with Gasteiger partial charge in [-0.05, 0) is 37.5 Å². The number of nitrogens with one attached hydrogen (secondary N) is 1. The average Bonchev–Trinajstić information content (AvgIpc) is 3.24. The summed E-state index contributed by atoms with van der Waals surface area (Å²) in [6, 6.07) is 0.660. The van der Waals surface area contributed by atoms with Gasteiger partial charge in [-0.1, -0.05) is 32.1 Å². The summed E-state index contributed by atoms with van der Waals surface area (Å²) in [5.41, 5.74) is 1.20. The molecule has 2 aliphatic carbocycles. The predicted octanol–water partition coefficient (Wildman–Crippen LogP) is 3.69. The molecular weight excluding hydrogens is 268 g/mol. The van der Waals surface area contributed by atoms with Crippen LogP contribution in [0.2, 0.25) is 0 Å².